The first kappa shape index (κ1) is 28.2. The third kappa shape index (κ3) is 6.89. The molecule has 0 aromatic heterocycles. The van der Waals surface area contributed by atoms with E-state index in [1.807, 2.05) is 0 Å². The van der Waals surface area contributed by atoms with Crippen molar-refractivity contribution in [2.75, 3.05) is 17.1 Å². The van der Waals surface area contributed by atoms with E-state index in [4.69, 9.17) is 23.2 Å². The fourth-order valence-electron chi connectivity index (χ4n) is 4.39. The van der Waals surface area contributed by atoms with Crippen LogP contribution in [0.15, 0.2) is 42.5 Å². The van der Waals surface area contributed by atoms with Gasteiger partial charge in [-0.2, -0.15) is 0 Å². The number of carbonyl (C=O) groups excluding carboxylic acids is 2. The number of nitrogens with zero attached hydrogens (tertiary/aromatic N) is 2. The van der Waals surface area contributed by atoms with Crippen LogP contribution in [0.1, 0.15) is 44.6 Å². The van der Waals surface area contributed by atoms with Crippen LogP contribution in [0.2, 0.25) is 10.0 Å². The first-order valence-corrected chi connectivity index (χ1v) is 14.4. The van der Waals surface area contributed by atoms with Crippen molar-refractivity contribution in [3.05, 3.63) is 63.9 Å². The number of halogens is 3. The number of sulfonamides is 1. The van der Waals surface area contributed by atoms with Crippen molar-refractivity contribution in [1.29, 1.82) is 0 Å². The number of anilines is 1. The predicted octanol–water partition coefficient (Wildman–Crippen LogP) is 4.76. The lowest BCUT2D eigenvalue weighted by Gasteiger charge is -2.33. The van der Waals surface area contributed by atoms with Crippen LogP contribution in [0.4, 0.5) is 10.1 Å². The number of hydrogen-bond acceptors (Lipinski definition) is 4. The van der Waals surface area contributed by atoms with Crippen LogP contribution < -0.4 is 9.62 Å². The van der Waals surface area contributed by atoms with Gasteiger partial charge < -0.3 is 10.2 Å². The van der Waals surface area contributed by atoms with Crippen LogP contribution in [0.25, 0.3) is 0 Å². The second kappa shape index (κ2) is 12.3. The lowest BCUT2D eigenvalue weighted by molar-refractivity contribution is -0.140. The van der Waals surface area contributed by atoms with Gasteiger partial charge in [-0.3, -0.25) is 13.9 Å². The summed E-state index contributed by atoms with van der Waals surface area (Å²) in [4.78, 5) is 28.2. The van der Waals surface area contributed by atoms with Crippen molar-refractivity contribution >= 4 is 50.7 Å². The van der Waals surface area contributed by atoms with Crippen LogP contribution in [0, 0.1) is 5.82 Å². The van der Waals surface area contributed by atoms with E-state index < -0.39 is 34.3 Å². The summed E-state index contributed by atoms with van der Waals surface area (Å²) in [5.41, 5.74) is 0.172. The molecule has 3 rings (SSSR count). The minimum atomic E-state index is -4.04. The summed E-state index contributed by atoms with van der Waals surface area (Å²) in [7, 11) is -4.04. The normalized spacial score (nSPS) is 14.9. The first-order valence-electron chi connectivity index (χ1n) is 11.8. The molecule has 0 unspecified atom stereocenters. The summed E-state index contributed by atoms with van der Waals surface area (Å²) in [6.45, 7) is 0.941. The quantitative estimate of drug-likeness (QED) is 0.456. The lowest BCUT2D eigenvalue weighted by atomic mass is 10.1. The topological polar surface area (TPSA) is 86.8 Å². The fraction of sp³-hybridized carbons (Fsp3) is 0.440. The maximum Gasteiger partial charge on any atom is 0.244 e. The average molecular weight is 559 g/mol. The molecule has 196 valence electrons. The zero-order valence-electron chi connectivity index (χ0n) is 20.2. The van der Waals surface area contributed by atoms with Crippen molar-refractivity contribution in [3.8, 4) is 0 Å². The molecule has 0 saturated heterocycles. The fourth-order valence-corrected chi connectivity index (χ4v) is 5.76. The van der Waals surface area contributed by atoms with Crippen molar-refractivity contribution in [2.45, 2.75) is 57.7 Å². The van der Waals surface area contributed by atoms with E-state index in [0.717, 1.165) is 38.0 Å². The number of benzene rings is 2. The molecule has 1 aliphatic carbocycles. The molecule has 0 radical (unpaired) electrons. The molecule has 1 aliphatic rings. The Morgan fingerprint density at radius 3 is 2.25 bits per heavy atom. The van der Waals surface area contributed by atoms with Gasteiger partial charge in [-0.1, -0.05) is 61.2 Å². The molecule has 1 fully saturated rings. The van der Waals surface area contributed by atoms with Crippen LogP contribution in [-0.2, 0) is 26.2 Å². The number of amides is 2. The maximum absolute atomic E-state index is 14.5. The smallest absolute Gasteiger partial charge is 0.244 e. The highest BCUT2D eigenvalue weighted by molar-refractivity contribution is 7.92. The third-order valence-corrected chi connectivity index (χ3v) is 8.11. The molecular formula is C25H30Cl2FN3O4S. The van der Waals surface area contributed by atoms with Crippen molar-refractivity contribution in [1.82, 2.24) is 10.2 Å². The van der Waals surface area contributed by atoms with Gasteiger partial charge in [-0.25, -0.2) is 12.8 Å². The Labute approximate surface area is 221 Å². The molecule has 7 nitrogen and oxygen atoms in total. The van der Waals surface area contributed by atoms with Crippen molar-refractivity contribution in [3.63, 3.8) is 0 Å². The molecule has 0 bridgehead atoms. The number of para-hydroxylation sites is 1. The Bertz CT molecular complexity index is 1190. The molecular weight excluding hydrogens is 528 g/mol. The molecule has 2 aromatic carbocycles. The third-order valence-electron chi connectivity index (χ3n) is 6.28. The standard InChI is InChI=1S/C25H30Cl2FN3O4S/c1-3-22(25(33)29-17-9-4-5-10-17)30(15-18-19(26)11-8-12-20(18)27)24(32)16-31(36(2,34)35)23-14-7-6-13-21(23)28/h6-8,11-14,17,22H,3-5,9-10,15-16H2,1-2H3,(H,29,33)/t22-/m0/s1. The summed E-state index contributed by atoms with van der Waals surface area (Å²) in [5, 5.41) is 3.63. The van der Waals surface area contributed by atoms with Crippen LogP contribution in [-0.4, -0.2) is 50.0 Å². The van der Waals surface area contributed by atoms with Gasteiger partial charge in [0.2, 0.25) is 21.8 Å². The van der Waals surface area contributed by atoms with Gasteiger partial charge in [0.1, 0.15) is 18.4 Å². The molecule has 0 aliphatic heterocycles. The summed E-state index contributed by atoms with van der Waals surface area (Å²) < 4.78 is 40.4. The van der Waals surface area contributed by atoms with E-state index in [1.54, 1.807) is 25.1 Å². The second-order valence-corrected chi connectivity index (χ2v) is 11.6. The van der Waals surface area contributed by atoms with Gasteiger partial charge in [0.05, 0.1) is 11.9 Å². The number of nitrogens with one attached hydrogen (secondary N) is 1. The Hall–Kier alpha value is -2.36. The summed E-state index contributed by atoms with van der Waals surface area (Å²) in [6.07, 6.45) is 4.93. The zero-order valence-corrected chi connectivity index (χ0v) is 22.5. The van der Waals surface area contributed by atoms with Gasteiger partial charge in [0, 0.05) is 28.2 Å². The first-order chi connectivity index (χ1) is 17.0. The average Bonchev–Trinajstić information content (AvgIpc) is 3.32. The summed E-state index contributed by atoms with van der Waals surface area (Å²) in [6, 6.07) is 9.31. The maximum atomic E-state index is 14.5. The number of hydrogen-bond donors (Lipinski definition) is 1. The molecule has 1 atom stereocenters. The predicted molar refractivity (Wildman–Crippen MR) is 140 cm³/mol. The highest BCUT2D eigenvalue weighted by atomic mass is 35.5. The second-order valence-electron chi connectivity index (χ2n) is 8.86. The van der Waals surface area contributed by atoms with E-state index >= 15 is 0 Å². The van der Waals surface area contributed by atoms with Gasteiger partial charge >= 0.3 is 0 Å². The Kier molecular flexibility index (Phi) is 9.60. The van der Waals surface area contributed by atoms with E-state index in [2.05, 4.69) is 5.32 Å². The molecule has 2 amide bonds. The van der Waals surface area contributed by atoms with Crippen LogP contribution >= 0.6 is 23.2 Å². The highest BCUT2D eigenvalue weighted by Gasteiger charge is 2.34. The molecule has 1 saturated carbocycles. The van der Waals surface area contributed by atoms with E-state index in [9.17, 15) is 22.4 Å². The molecule has 1 N–H and O–H groups in total. The monoisotopic (exact) mass is 557 g/mol. The molecule has 0 heterocycles. The lowest BCUT2D eigenvalue weighted by Crippen LogP contribution is -2.53. The Morgan fingerprint density at radius 2 is 1.69 bits per heavy atom. The molecule has 2 aromatic rings. The van der Waals surface area contributed by atoms with Gasteiger partial charge in [-0.15, -0.1) is 0 Å². The van der Waals surface area contributed by atoms with Gasteiger partial charge in [0.25, 0.3) is 0 Å². The molecule has 11 heteroatoms. The van der Waals surface area contributed by atoms with Gasteiger partial charge in [-0.05, 0) is 43.5 Å². The van der Waals surface area contributed by atoms with Crippen molar-refractivity contribution < 1.29 is 22.4 Å². The summed E-state index contributed by atoms with van der Waals surface area (Å²) in [5.74, 6) is -1.81. The molecule has 36 heavy (non-hydrogen) atoms. The van der Waals surface area contributed by atoms with E-state index in [1.165, 1.54) is 23.1 Å². The minimum absolute atomic E-state index is 0.0262. The zero-order chi connectivity index (χ0) is 26.5. The SMILES string of the molecule is CC[C@@H](C(=O)NC1CCCC1)N(Cc1c(Cl)cccc1Cl)C(=O)CN(c1ccccc1F)S(C)(=O)=O. The Balaban J connectivity index is 1.98. The van der Waals surface area contributed by atoms with E-state index in [0.29, 0.717) is 19.9 Å². The largest absolute Gasteiger partial charge is 0.352 e. The van der Waals surface area contributed by atoms with Crippen LogP contribution in [0.3, 0.4) is 0 Å². The number of rotatable bonds is 10. The highest BCUT2D eigenvalue weighted by Crippen LogP contribution is 2.28. The van der Waals surface area contributed by atoms with E-state index in [-0.39, 0.29) is 30.6 Å². The summed E-state index contributed by atoms with van der Waals surface area (Å²) >= 11 is 12.7. The minimum Gasteiger partial charge on any atom is -0.352 e. The van der Waals surface area contributed by atoms with Crippen molar-refractivity contribution in [2.24, 2.45) is 0 Å². The van der Waals surface area contributed by atoms with Crippen LogP contribution in [0.5, 0.6) is 0 Å². The number of carbonyl (C=O) groups is 2. The molecule has 0 spiro atoms. The van der Waals surface area contributed by atoms with Gasteiger partial charge in [0.15, 0.2) is 0 Å². The Morgan fingerprint density at radius 1 is 1.08 bits per heavy atom.